The van der Waals surface area contributed by atoms with Crippen molar-refractivity contribution >= 4 is 11.5 Å². The summed E-state index contributed by atoms with van der Waals surface area (Å²) in [4.78, 5) is 7.02. The van der Waals surface area contributed by atoms with Crippen LogP contribution in [0.25, 0.3) is 0 Å². The Labute approximate surface area is 122 Å². The molecule has 1 aromatic heterocycles. The SMILES string of the molecule is c1cc(N2CCCC2)ncc1NC1CCCCCCC1. The predicted octanol–water partition coefficient (Wildman–Crippen LogP) is 4.21. The van der Waals surface area contributed by atoms with Crippen LogP contribution in [-0.2, 0) is 0 Å². The van der Waals surface area contributed by atoms with Crippen LogP contribution < -0.4 is 10.2 Å². The summed E-state index contributed by atoms with van der Waals surface area (Å²) >= 11 is 0. The minimum atomic E-state index is 0.648. The first-order valence-corrected chi connectivity index (χ1v) is 8.39. The van der Waals surface area contributed by atoms with Crippen LogP contribution in [0.1, 0.15) is 57.8 Å². The normalized spacial score (nSPS) is 21.5. The molecule has 0 amide bonds. The molecule has 3 heteroatoms. The van der Waals surface area contributed by atoms with E-state index in [1.807, 2.05) is 6.20 Å². The number of hydrogen-bond donors (Lipinski definition) is 1. The topological polar surface area (TPSA) is 28.2 Å². The Morgan fingerprint density at radius 1 is 0.900 bits per heavy atom. The molecule has 2 fully saturated rings. The lowest BCUT2D eigenvalue weighted by molar-refractivity contribution is 0.471. The molecule has 3 rings (SSSR count). The van der Waals surface area contributed by atoms with Crippen LogP contribution in [0.4, 0.5) is 11.5 Å². The Morgan fingerprint density at radius 3 is 2.25 bits per heavy atom. The van der Waals surface area contributed by atoms with Crippen molar-refractivity contribution in [2.45, 2.75) is 63.8 Å². The highest BCUT2D eigenvalue weighted by Crippen LogP contribution is 2.22. The van der Waals surface area contributed by atoms with E-state index in [0.717, 1.165) is 5.82 Å². The second-order valence-electron chi connectivity index (χ2n) is 6.29. The number of hydrogen-bond acceptors (Lipinski definition) is 3. The molecule has 1 aliphatic carbocycles. The quantitative estimate of drug-likeness (QED) is 0.894. The van der Waals surface area contributed by atoms with Crippen molar-refractivity contribution < 1.29 is 0 Å². The van der Waals surface area contributed by atoms with Crippen molar-refractivity contribution in [3.8, 4) is 0 Å². The molecule has 0 radical (unpaired) electrons. The number of pyridine rings is 1. The van der Waals surface area contributed by atoms with Crippen molar-refractivity contribution in [1.29, 1.82) is 0 Å². The molecule has 0 aromatic carbocycles. The minimum absolute atomic E-state index is 0.648. The average Bonchev–Trinajstić information content (AvgIpc) is 2.96. The van der Waals surface area contributed by atoms with Gasteiger partial charge in [-0.25, -0.2) is 4.98 Å². The summed E-state index contributed by atoms with van der Waals surface area (Å²) in [5.74, 6) is 1.14. The second-order valence-corrected chi connectivity index (χ2v) is 6.29. The number of anilines is 2. The highest BCUT2D eigenvalue weighted by molar-refractivity contribution is 5.49. The van der Waals surface area contributed by atoms with Crippen LogP contribution in [0.3, 0.4) is 0 Å². The molecule has 0 spiro atoms. The highest BCUT2D eigenvalue weighted by atomic mass is 15.2. The summed E-state index contributed by atoms with van der Waals surface area (Å²) in [6, 6.07) is 5.03. The Morgan fingerprint density at radius 2 is 1.60 bits per heavy atom. The van der Waals surface area contributed by atoms with E-state index in [9.17, 15) is 0 Å². The molecular formula is C17H27N3. The minimum Gasteiger partial charge on any atom is -0.381 e. The largest absolute Gasteiger partial charge is 0.381 e. The van der Waals surface area contributed by atoms with E-state index >= 15 is 0 Å². The molecule has 0 atom stereocenters. The molecule has 110 valence electrons. The van der Waals surface area contributed by atoms with Crippen LogP contribution in [-0.4, -0.2) is 24.1 Å². The van der Waals surface area contributed by atoms with Gasteiger partial charge in [0, 0.05) is 19.1 Å². The third kappa shape index (κ3) is 3.65. The first kappa shape index (κ1) is 13.7. The Hall–Kier alpha value is -1.25. The molecule has 2 heterocycles. The molecule has 3 nitrogen and oxygen atoms in total. The highest BCUT2D eigenvalue weighted by Gasteiger charge is 2.14. The lowest BCUT2D eigenvalue weighted by atomic mass is 9.96. The van der Waals surface area contributed by atoms with Crippen LogP contribution in [0.5, 0.6) is 0 Å². The second kappa shape index (κ2) is 6.96. The molecule has 1 saturated carbocycles. The van der Waals surface area contributed by atoms with Crippen molar-refractivity contribution in [3.05, 3.63) is 18.3 Å². The standard InChI is InChI=1S/C17H27N3/c1-2-4-8-15(9-5-3-1)19-16-10-11-17(18-14-16)20-12-6-7-13-20/h10-11,14-15,19H,1-9,12-13H2. The average molecular weight is 273 g/mol. The zero-order chi connectivity index (χ0) is 13.6. The van der Waals surface area contributed by atoms with E-state index in [1.54, 1.807) is 0 Å². The van der Waals surface area contributed by atoms with Gasteiger partial charge in [-0.15, -0.1) is 0 Å². The molecule has 2 aliphatic rings. The fourth-order valence-electron chi connectivity index (χ4n) is 3.44. The molecule has 1 aliphatic heterocycles. The lowest BCUT2D eigenvalue weighted by Gasteiger charge is -2.22. The first-order valence-electron chi connectivity index (χ1n) is 8.39. The third-order valence-electron chi connectivity index (χ3n) is 4.65. The number of aromatic nitrogens is 1. The van der Waals surface area contributed by atoms with Gasteiger partial charge in [0.15, 0.2) is 0 Å². The van der Waals surface area contributed by atoms with E-state index < -0.39 is 0 Å². The zero-order valence-corrected chi connectivity index (χ0v) is 12.5. The van der Waals surface area contributed by atoms with Gasteiger partial charge >= 0.3 is 0 Å². The van der Waals surface area contributed by atoms with E-state index in [-0.39, 0.29) is 0 Å². The zero-order valence-electron chi connectivity index (χ0n) is 12.5. The molecular weight excluding hydrogens is 246 g/mol. The summed E-state index contributed by atoms with van der Waals surface area (Å²) in [5.41, 5.74) is 1.19. The predicted molar refractivity (Wildman–Crippen MR) is 85.4 cm³/mol. The summed E-state index contributed by atoms with van der Waals surface area (Å²) in [6.45, 7) is 2.34. The maximum atomic E-state index is 4.63. The summed E-state index contributed by atoms with van der Waals surface area (Å²) < 4.78 is 0. The van der Waals surface area contributed by atoms with Crippen LogP contribution in [0.15, 0.2) is 18.3 Å². The summed E-state index contributed by atoms with van der Waals surface area (Å²) in [6.07, 6.45) is 14.3. The van der Waals surface area contributed by atoms with E-state index in [0.29, 0.717) is 6.04 Å². The number of nitrogens with zero attached hydrogens (tertiary/aromatic N) is 2. The van der Waals surface area contributed by atoms with Crippen molar-refractivity contribution in [2.24, 2.45) is 0 Å². The summed E-state index contributed by atoms with van der Waals surface area (Å²) in [7, 11) is 0. The van der Waals surface area contributed by atoms with Crippen LogP contribution >= 0.6 is 0 Å². The molecule has 0 bridgehead atoms. The van der Waals surface area contributed by atoms with Gasteiger partial charge in [-0.05, 0) is 37.8 Å². The Bertz CT molecular complexity index is 387. The first-order chi connectivity index (χ1) is 9.92. The fourth-order valence-corrected chi connectivity index (χ4v) is 3.44. The van der Waals surface area contributed by atoms with Gasteiger partial charge in [-0.3, -0.25) is 0 Å². The maximum Gasteiger partial charge on any atom is 0.128 e. The van der Waals surface area contributed by atoms with Crippen LogP contribution in [0, 0.1) is 0 Å². The molecule has 1 aromatic rings. The fraction of sp³-hybridized carbons (Fsp3) is 0.706. The molecule has 20 heavy (non-hydrogen) atoms. The monoisotopic (exact) mass is 273 g/mol. The van der Waals surface area contributed by atoms with Crippen molar-refractivity contribution in [1.82, 2.24) is 4.98 Å². The maximum absolute atomic E-state index is 4.63. The molecule has 1 N–H and O–H groups in total. The Balaban J connectivity index is 1.56. The van der Waals surface area contributed by atoms with E-state index in [1.165, 1.54) is 76.6 Å². The van der Waals surface area contributed by atoms with E-state index in [4.69, 9.17) is 0 Å². The van der Waals surface area contributed by atoms with Gasteiger partial charge in [-0.2, -0.15) is 0 Å². The lowest BCUT2D eigenvalue weighted by Crippen LogP contribution is -2.21. The van der Waals surface area contributed by atoms with Gasteiger partial charge in [0.05, 0.1) is 11.9 Å². The molecule has 1 saturated heterocycles. The van der Waals surface area contributed by atoms with Gasteiger partial charge in [0.25, 0.3) is 0 Å². The van der Waals surface area contributed by atoms with Gasteiger partial charge in [-0.1, -0.05) is 32.1 Å². The van der Waals surface area contributed by atoms with Crippen molar-refractivity contribution in [2.75, 3.05) is 23.3 Å². The third-order valence-corrected chi connectivity index (χ3v) is 4.65. The van der Waals surface area contributed by atoms with Crippen LogP contribution in [0.2, 0.25) is 0 Å². The summed E-state index contributed by atoms with van der Waals surface area (Å²) in [5, 5.41) is 3.69. The van der Waals surface area contributed by atoms with Gasteiger partial charge in [0.2, 0.25) is 0 Å². The number of rotatable bonds is 3. The Kier molecular flexibility index (Phi) is 4.77. The van der Waals surface area contributed by atoms with Gasteiger partial charge < -0.3 is 10.2 Å². The molecule has 0 unspecified atom stereocenters. The van der Waals surface area contributed by atoms with E-state index in [2.05, 4.69) is 27.3 Å². The number of nitrogens with one attached hydrogen (secondary N) is 1. The van der Waals surface area contributed by atoms with Gasteiger partial charge in [0.1, 0.15) is 5.82 Å². The van der Waals surface area contributed by atoms with Crippen molar-refractivity contribution in [3.63, 3.8) is 0 Å². The smallest absolute Gasteiger partial charge is 0.128 e.